The summed E-state index contributed by atoms with van der Waals surface area (Å²) in [4.78, 5) is 2.53. The SMILES string of the molecule is CCN1CCC[C@@H]1CNCc1cc(Cl)ccc1OCc1ccc(Cl)c(Cl)c1. The second kappa shape index (κ2) is 9.99. The lowest BCUT2D eigenvalue weighted by Gasteiger charge is -2.23. The average Bonchev–Trinajstić information content (AvgIpc) is 3.11. The van der Waals surface area contributed by atoms with Gasteiger partial charge in [0.25, 0.3) is 0 Å². The van der Waals surface area contributed by atoms with E-state index in [2.05, 4.69) is 17.1 Å². The summed E-state index contributed by atoms with van der Waals surface area (Å²) in [5.74, 6) is 0.830. The summed E-state index contributed by atoms with van der Waals surface area (Å²) >= 11 is 18.3. The van der Waals surface area contributed by atoms with Crippen molar-refractivity contribution in [2.24, 2.45) is 0 Å². The molecule has 1 aliphatic rings. The van der Waals surface area contributed by atoms with Crippen molar-refractivity contribution in [2.45, 2.75) is 39.0 Å². The number of halogens is 3. The highest BCUT2D eigenvalue weighted by Crippen LogP contribution is 2.26. The topological polar surface area (TPSA) is 24.5 Å². The molecule has 1 aliphatic heterocycles. The van der Waals surface area contributed by atoms with Crippen LogP contribution in [0.3, 0.4) is 0 Å². The number of benzene rings is 2. The molecule has 1 saturated heterocycles. The molecule has 0 spiro atoms. The van der Waals surface area contributed by atoms with Crippen LogP contribution in [-0.4, -0.2) is 30.6 Å². The number of ether oxygens (including phenoxy) is 1. The predicted molar refractivity (Wildman–Crippen MR) is 114 cm³/mol. The molecular formula is C21H25Cl3N2O. The maximum atomic E-state index is 6.20. The van der Waals surface area contributed by atoms with Gasteiger partial charge in [-0.05, 0) is 61.8 Å². The minimum absolute atomic E-state index is 0.428. The third-order valence-electron chi connectivity index (χ3n) is 5.00. The molecule has 3 rings (SSSR count). The first-order valence-electron chi connectivity index (χ1n) is 9.36. The molecule has 0 bridgehead atoms. The Kier molecular flexibility index (Phi) is 7.68. The van der Waals surface area contributed by atoms with E-state index in [-0.39, 0.29) is 0 Å². The van der Waals surface area contributed by atoms with E-state index in [0.717, 1.165) is 36.5 Å². The Morgan fingerprint density at radius 2 is 1.96 bits per heavy atom. The number of likely N-dealkylation sites (tertiary alicyclic amines) is 1. The maximum Gasteiger partial charge on any atom is 0.124 e. The van der Waals surface area contributed by atoms with E-state index in [1.54, 1.807) is 6.07 Å². The van der Waals surface area contributed by atoms with Gasteiger partial charge in [0.05, 0.1) is 10.0 Å². The fourth-order valence-electron chi connectivity index (χ4n) is 3.53. The Hall–Kier alpha value is -0.970. The van der Waals surface area contributed by atoms with E-state index in [1.807, 2.05) is 30.3 Å². The fourth-order valence-corrected chi connectivity index (χ4v) is 4.05. The Bertz CT molecular complexity index is 769. The van der Waals surface area contributed by atoms with Gasteiger partial charge >= 0.3 is 0 Å². The summed E-state index contributed by atoms with van der Waals surface area (Å²) < 4.78 is 6.03. The van der Waals surface area contributed by atoms with Crippen LogP contribution in [0.5, 0.6) is 5.75 Å². The van der Waals surface area contributed by atoms with Crippen LogP contribution in [0.15, 0.2) is 36.4 Å². The minimum Gasteiger partial charge on any atom is -0.489 e. The van der Waals surface area contributed by atoms with Gasteiger partial charge in [0.1, 0.15) is 12.4 Å². The summed E-state index contributed by atoms with van der Waals surface area (Å²) in [6.45, 7) is 6.68. The van der Waals surface area contributed by atoms with Crippen LogP contribution in [-0.2, 0) is 13.2 Å². The molecule has 0 saturated carbocycles. The van der Waals surface area contributed by atoms with Gasteiger partial charge in [-0.25, -0.2) is 0 Å². The number of hydrogen-bond acceptors (Lipinski definition) is 3. The molecule has 1 atom stereocenters. The molecule has 1 heterocycles. The Labute approximate surface area is 176 Å². The normalized spacial score (nSPS) is 17.4. The van der Waals surface area contributed by atoms with Crippen molar-refractivity contribution >= 4 is 34.8 Å². The molecule has 0 aliphatic carbocycles. The van der Waals surface area contributed by atoms with Crippen molar-refractivity contribution in [3.63, 3.8) is 0 Å². The van der Waals surface area contributed by atoms with Gasteiger partial charge in [-0.3, -0.25) is 4.90 Å². The van der Waals surface area contributed by atoms with E-state index in [0.29, 0.717) is 27.7 Å². The minimum atomic E-state index is 0.428. The molecule has 27 heavy (non-hydrogen) atoms. The molecule has 2 aromatic rings. The molecule has 146 valence electrons. The second-order valence-corrected chi connectivity index (χ2v) is 8.10. The van der Waals surface area contributed by atoms with Gasteiger partial charge in [-0.2, -0.15) is 0 Å². The summed E-state index contributed by atoms with van der Waals surface area (Å²) in [6.07, 6.45) is 2.55. The summed E-state index contributed by atoms with van der Waals surface area (Å²) in [6, 6.07) is 11.9. The highest BCUT2D eigenvalue weighted by molar-refractivity contribution is 6.42. The molecule has 0 amide bonds. The van der Waals surface area contributed by atoms with E-state index in [1.165, 1.54) is 19.4 Å². The van der Waals surface area contributed by atoms with E-state index in [9.17, 15) is 0 Å². The predicted octanol–water partition coefficient (Wildman–Crippen LogP) is 5.80. The van der Waals surface area contributed by atoms with E-state index >= 15 is 0 Å². The zero-order valence-electron chi connectivity index (χ0n) is 15.5. The number of nitrogens with zero attached hydrogens (tertiary/aromatic N) is 1. The number of rotatable bonds is 8. The van der Waals surface area contributed by atoms with Crippen molar-refractivity contribution in [2.75, 3.05) is 19.6 Å². The number of likely N-dealkylation sites (N-methyl/N-ethyl adjacent to an activating group) is 1. The first-order valence-corrected chi connectivity index (χ1v) is 10.5. The zero-order chi connectivity index (χ0) is 19.2. The second-order valence-electron chi connectivity index (χ2n) is 6.84. The summed E-state index contributed by atoms with van der Waals surface area (Å²) in [5, 5.41) is 5.37. The van der Waals surface area contributed by atoms with Gasteiger partial charge in [-0.15, -0.1) is 0 Å². The summed E-state index contributed by atoms with van der Waals surface area (Å²) in [7, 11) is 0. The van der Waals surface area contributed by atoms with Crippen LogP contribution in [0.25, 0.3) is 0 Å². The van der Waals surface area contributed by atoms with Crippen LogP contribution < -0.4 is 10.1 Å². The average molecular weight is 428 g/mol. The van der Waals surface area contributed by atoms with Gasteiger partial charge in [0, 0.05) is 29.7 Å². The van der Waals surface area contributed by atoms with Crippen LogP contribution in [0.4, 0.5) is 0 Å². The largest absolute Gasteiger partial charge is 0.489 e. The van der Waals surface area contributed by atoms with Crippen LogP contribution in [0.1, 0.15) is 30.9 Å². The molecule has 0 radical (unpaired) electrons. The van der Waals surface area contributed by atoms with Crippen molar-refractivity contribution in [3.8, 4) is 5.75 Å². The highest BCUT2D eigenvalue weighted by Gasteiger charge is 2.22. The maximum absolute atomic E-state index is 6.20. The standard InChI is InChI=1S/C21H25Cl3N2O/c1-2-26-9-3-4-18(26)13-25-12-16-11-17(22)6-8-21(16)27-14-15-5-7-19(23)20(24)10-15/h5-8,10-11,18,25H,2-4,9,12-14H2,1H3/t18-/m1/s1. The molecule has 0 unspecified atom stereocenters. The lowest BCUT2D eigenvalue weighted by atomic mass is 10.1. The fraction of sp³-hybridized carbons (Fsp3) is 0.429. The first-order chi connectivity index (χ1) is 13.1. The van der Waals surface area contributed by atoms with Gasteiger partial charge in [0.2, 0.25) is 0 Å². The lowest BCUT2D eigenvalue weighted by molar-refractivity contribution is 0.259. The van der Waals surface area contributed by atoms with Gasteiger partial charge in [0.15, 0.2) is 0 Å². The molecule has 6 heteroatoms. The molecular weight excluding hydrogens is 403 g/mol. The van der Waals surface area contributed by atoms with Crippen LogP contribution in [0.2, 0.25) is 15.1 Å². The van der Waals surface area contributed by atoms with Crippen molar-refractivity contribution in [1.82, 2.24) is 10.2 Å². The van der Waals surface area contributed by atoms with Crippen molar-refractivity contribution in [1.29, 1.82) is 0 Å². The van der Waals surface area contributed by atoms with E-state index < -0.39 is 0 Å². The quantitative estimate of drug-likeness (QED) is 0.576. The molecule has 0 aromatic heterocycles. The van der Waals surface area contributed by atoms with Gasteiger partial charge < -0.3 is 10.1 Å². The van der Waals surface area contributed by atoms with Gasteiger partial charge in [-0.1, -0.05) is 47.8 Å². The van der Waals surface area contributed by atoms with Crippen LogP contribution in [0, 0.1) is 0 Å². The molecule has 1 fully saturated rings. The molecule has 1 N–H and O–H groups in total. The third kappa shape index (κ3) is 5.75. The molecule has 3 nitrogen and oxygen atoms in total. The summed E-state index contributed by atoms with van der Waals surface area (Å²) in [5.41, 5.74) is 2.03. The van der Waals surface area contributed by atoms with Crippen molar-refractivity contribution in [3.05, 3.63) is 62.6 Å². The smallest absolute Gasteiger partial charge is 0.124 e. The first kappa shape index (κ1) is 20.8. The Morgan fingerprint density at radius 1 is 1.11 bits per heavy atom. The molecule has 2 aromatic carbocycles. The number of nitrogens with one attached hydrogen (secondary N) is 1. The third-order valence-corrected chi connectivity index (χ3v) is 5.98. The monoisotopic (exact) mass is 426 g/mol. The van der Waals surface area contributed by atoms with E-state index in [4.69, 9.17) is 39.5 Å². The Morgan fingerprint density at radius 3 is 2.74 bits per heavy atom. The zero-order valence-corrected chi connectivity index (χ0v) is 17.7. The van der Waals surface area contributed by atoms with Crippen molar-refractivity contribution < 1.29 is 4.74 Å². The lowest BCUT2D eigenvalue weighted by Crippen LogP contribution is -2.37. The highest BCUT2D eigenvalue weighted by atomic mass is 35.5. The number of hydrogen-bond donors (Lipinski definition) is 1. The Balaban J connectivity index is 1.59. The van der Waals surface area contributed by atoms with Crippen LogP contribution >= 0.6 is 34.8 Å².